The number of carbonyl (C=O) groups excluding carboxylic acids is 3. The molecule has 2 aromatic carbocycles. The Hall–Kier alpha value is -3.11. The van der Waals surface area contributed by atoms with Crippen LogP contribution in [0.15, 0.2) is 89.4 Å². The molecular formula is C28H25ClN2O5S2. The van der Waals surface area contributed by atoms with Crippen LogP contribution in [-0.2, 0) is 30.3 Å². The molecule has 10 heteroatoms. The van der Waals surface area contributed by atoms with Gasteiger partial charge in [-0.15, -0.1) is 34.7 Å². The van der Waals surface area contributed by atoms with Gasteiger partial charge in [0.1, 0.15) is 11.1 Å². The van der Waals surface area contributed by atoms with Crippen molar-refractivity contribution in [2.45, 2.75) is 23.6 Å². The predicted molar refractivity (Wildman–Crippen MR) is 148 cm³/mol. The fourth-order valence-corrected chi connectivity index (χ4v) is 7.08. The lowest BCUT2D eigenvalue weighted by atomic mass is 9.97. The van der Waals surface area contributed by atoms with Gasteiger partial charge in [-0.25, -0.2) is 4.79 Å². The number of esters is 1. The van der Waals surface area contributed by atoms with Gasteiger partial charge in [-0.05, 0) is 28.1 Å². The van der Waals surface area contributed by atoms with Crippen molar-refractivity contribution in [3.63, 3.8) is 0 Å². The number of rotatable bonds is 9. The van der Waals surface area contributed by atoms with E-state index >= 15 is 0 Å². The van der Waals surface area contributed by atoms with E-state index < -0.39 is 29.1 Å². The van der Waals surface area contributed by atoms with Crippen LogP contribution in [0.5, 0.6) is 0 Å². The molecule has 2 amide bonds. The van der Waals surface area contributed by atoms with Gasteiger partial charge in [0.05, 0.1) is 6.42 Å². The number of ether oxygens (including phenoxy) is 2. The maximum Gasteiger partial charge on any atom is 0.356 e. The number of nitrogens with one attached hydrogen (secondary N) is 1. The highest BCUT2D eigenvalue weighted by Gasteiger charge is 2.66. The standard InChI is InChI=1S/C28H25ClN2O5S2/c1-35-28(30-22(32)15-21-13-8-14-37-21)26(34)31-23(20(16-29)17-38-27(28)31)25(33)36-24(18-9-4-2-5-10-18)19-11-6-3-7-12-19/h2-14,24,27H,15-17H2,1H3,(H,30,32)/t27-,28?/m1/s1. The summed E-state index contributed by atoms with van der Waals surface area (Å²) in [5, 5.41) is 4.02. The van der Waals surface area contributed by atoms with E-state index in [0.29, 0.717) is 11.3 Å². The first-order valence-corrected chi connectivity index (χ1v) is 14.4. The zero-order valence-corrected chi connectivity index (χ0v) is 22.9. The second kappa shape index (κ2) is 11.3. The summed E-state index contributed by atoms with van der Waals surface area (Å²) in [6.07, 6.45) is -0.558. The Labute approximate surface area is 233 Å². The van der Waals surface area contributed by atoms with Crippen LogP contribution in [0, 0.1) is 0 Å². The van der Waals surface area contributed by atoms with E-state index in [-0.39, 0.29) is 23.9 Å². The Kier molecular flexibility index (Phi) is 7.90. The van der Waals surface area contributed by atoms with E-state index in [4.69, 9.17) is 21.1 Å². The molecule has 0 saturated carbocycles. The van der Waals surface area contributed by atoms with Crippen molar-refractivity contribution in [1.29, 1.82) is 0 Å². The molecule has 1 fully saturated rings. The number of thiophene rings is 1. The molecule has 0 bridgehead atoms. The number of hydrogen-bond donors (Lipinski definition) is 1. The second-order valence-corrected chi connectivity index (χ2v) is 11.1. The maximum atomic E-state index is 13.7. The highest BCUT2D eigenvalue weighted by atomic mass is 35.5. The third-order valence-corrected chi connectivity index (χ3v) is 9.03. The molecule has 2 aliphatic rings. The first kappa shape index (κ1) is 26.5. The molecule has 0 aliphatic carbocycles. The van der Waals surface area contributed by atoms with Crippen molar-refractivity contribution >= 4 is 52.5 Å². The largest absolute Gasteiger partial charge is 0.448 e. The molecule has 0 radical (unpaired) electrons. The summed E-state index contributed by atoms with van der Waals surface area (Å²) in [6, 6.07) is 22.5. The quantitative estimate of drug-likeness (QED) is 0.177. The normalized spacial score (nSPS) is 20.7. The average molecular weight is 569 g/mol. The number of carbonyl (C=O) groups is 3. The number of methoxy groups -OCH3 is 1. The van der Waals surface area contributed by atoms with Crippen LogP contribution in [-0.4, -0.2) is 52.5 Å². The fourth-order valence-electron chi connectivity index (χ4n) is 4.60. The van der Waals surface area contributed by atoms with Crippen LogP contribution in [0.1, 0.15) is 22.1 Å². The first-order chi connectivity index (χ1) is 18.5. The van der Waals surface area contributed by atoms with Gasteiger partial charge in [-0.2, -0.15) is 0 Å². The number of amides is 2. The summed E-state index contributed by atoms with van der Waals surface area (Å²) >= 11 is 9.07. The smallest absolute Gasteiger partial charge is 0.356 e. The Bertz CT molecular complexity index is 1310. The minimum Gasteiger partial charge on any atom is -0.448 e. The molecule has 38 heavy (non-hydrogen) atoms. The minimum atomic E-state index is -1.58. The lowest BCUT2D eigenvalue weighted by molar-refractivity contribution is -0.193. The summed E-state index contributed by atoms with van der Waals surface area (Å²) < 4.78 is 11.7. The summed E-state index contributed by atoms with van der Waals surface area (Å²) in [5.41, 5.74) is 0.694. The highest BCUT2D eigenvalue weighted by Crippen LogP contribution is 2.47. The van der Waals surface area contributed by atoms with Crippen molar-refractivity contribution in [3.05, 3.63) is 105 Å². The summed E-state index contributed by atoms with van der Waals surface area (Å²) in [5.74, 6) is -1.10. The molecule has 2 aliphatic heterocycles. The first-order valence-electron chi connectivity index (χ1n) is 11.9. The average Bonchev–Trinajstić information content (AvgIpc) is 3.47. The zero-order chi connectivity index (χ0) is 26.7. The van der Waals surface area contributed by atoms with Crippen molar-refractivity contribution in [2.24, 2.45) is 0 Å². The number of fused-ring (bicyclic) bond motifs is 1. The van der Waals surface area contributed by atoms with Crippen LogP contribution in [0.3, 0.4) is 0 Å². The topological polar surface area (TPSA) is 84.9 Å². The van der Waals surface area contributed by atoms with E-state index in [9.17, 15) is 14.4 Å². The molecule has 196 valence electrons. The monoisotopic (exact) mass is 568 g/mol. The summed E-state index contributed by atoms with van der Waals surface area (Å²) in [4.78, 5) is 42.3. The van der Waals surface area contributed by atoms with Gasteiger partial charge in [-0.1, -0.05) is 66.7 Å². The molecule has 1 saturated heterocycles. The lowest BCUT2D eigenvalue weighted by Gasteiger charge is -2.56. The SMILES string of the molecule is COC1(NC(=O)Cc2cccs2)C(=O)N2C(C(=O)OC(c3ccccc3)c3ccccc3)=C(CCl)CS[C@@H]21. The molecule has 3 aromatic rings. The van der Waals surface area contributed by atoms with Gasteiger partial charge >= 0.3 is 5.97 Å². The van der Waals surface area contributed by atoms with Crippen LogP contribution in [0.25, 0.3) is 0 Å². The summed E-state index contributed by atoms with van der Waals surface area (Å²) in [7, 11) is 1.38. The van der Waals surface area contributed by atoms with E-state index in [2.05, 4.69) is 5.32 Å². The van der Waals surface area contributed by atoms with E-state index in [0.717, 1.165) is 16.0 Å². The third kappa shape index (κ3) is 4.87. The zero-order valence-electron chi connectivity index (χ0n) is 20.5. The molecule has 0 spiro atoms. The molecule has 3 heterocycles. The molecule has 1 N–H and O–H groups in total. The molecule has 1 unspecified atom stereocenters. The Morgan fingerprint density at radius 1 is 1.08 bits per heavy atom. The van der Waals surface area contributed by atoms with Crippen molar-refractivity contribution in [2.75, 3.05) is 18.7 Å². The van der Waals surface area contributed by atoms with E-state index in [1.165, 1.54) is 35.1 Å². The Morgan fingerprint density at radius 3 is 2.29 bits per heavy atom. The van der Waals surface area contributed by atoms with Crippen LogP contribution in [0.4, 0.5) is 0 Å². The van der Waals surface area contributed by atoms with Crippen molar-refractivity contribution in [1.82, 2.24) is 10.2 Å². The van der Waals surface area contributed by atoms with Crippen LogP contribution >= 0.6 is 34.7 Å². The predicted octanol–water partition coefficient (Wildman–Crippen LogP) is 4.49. The number of hydrogen-bond acceptors (Lipinski definition) is 7. The Balaban J connectivity index is 1.41. The van der Waals surface area contributed by atoms with Gasteiger partial charge in [-0.3, -0.25) is 14.5 Å². The van der Waals surface area contributed by atoms with Crippen molar-refractivity contribution in [3.8, 4) is 0 Å². The van der Waals surface area contributed by atoms with Gasteiger partial charge in [0.15, 0.2) is 6.10 Å². The van der Waals surface area contributed by atoms with E-state index in [1.54, 1.807) is 0 Å². The number of halogens is 1. The molecule has 7 nitrogen and oxygen atoms in total. The molecular weight excluding hydrogens is 544 g/mol. The highest BCUT2D eigenvalue weighted by molar-refractivity contribution is 8.00. The second-order valence-electron chi connectivity index (χ2n) is 8.78. The maximum absolute atomic E-state index is 13.7. The van der Waals surface area contributed by atoms with Gasteiger partial charge in [0.25, 0.3) is 11.6 Å². The number of alkyl halides is 1. The van der Waals surface area contributed by atoms with E-state index in [1.807, 2.05) is 78.2 Å². The number of thioether (sulfide) groups is 1. The third-order valence-electron chi connectivity index (χ3n) is 6.46. The number of benzene rings is 2. The number of nitrogens with zero attached hydrogens (tertiary/aromatic N) is 1. The van der Waals surface area contributed by atoms with Crippen molar-refractivity contribution < 1.29 is 23.9 Å². The lowest BCUT2D eigenvalue weighted by Crippen LogP contribution is -2.80. The molecule has 2 atom stereocenters. The van der Waals surface area contributed by atoms with Gasteiger partial charge in [0.2, 0.25) is 5.91 Å². The Morgan fingerprint density at radius 2 is 1.74 bits per heavy atom. The van der Waals surface area contributed by atoms with Gasteiger partial charge in [0, 0.05) is 23.6 Å². The van der Waals surface area contributed by atoms with Crippen LogP contribution < -0.4 is 5.32 Å². The molecule has 5 rings (SSSR count). The number of β-lactam (4-membered cyclic amide) rings is 1. The minimum absolute atomic E-state index is 0.0555. The molecule has 1 aromatic heterocycles. The summed E-state index contributed by atoms with van der Waals surface area (Å²) in [6.45, 7) is 0. The fraction of sp³-hybridized carbons (Fsp3) is 0.250. The van der Waals surface area contributed by atoms with Gasteiger partial charge < -0.3 is 14.8 Å². The van der Waals surface area contributed by atoms with Crippen LogP contribution in [0.2, 0.25) is 0 Å².